The molecule has 0 saturated heterocycles. The molecular formula is C18H18ClNS. The first-order valence-electron chi connectivity index (χ1n) is 6.78. The average molecular weight is 316 g/mol. The quantitative estimate of drug-likeness (QED) is 0.511. The van der Waals surface area contributed by atoms with Gasteiger partial charge >= 0.3 is 0 Å². The Labute approximate surface area is 135 Å². The van der Waals surface area contributed by atoms with E-state index in [-0.39, 0.29) is 0 Å². The van der Waals surface area contributed by atoms with Gasteiger partial charge in [0.15, 0.2) is 0 Å². The van der Waals surface area contributed by atoms with Crippen molar-refractivity contribution in [2.24, 2.45) is 4.99 Å². The number of hydrogen-bond donors (Lipinski definition) is 0. The molecule has 1 nitrogen and oxygen atoms in total. The number of hydrogen-bond acceptors (Lipinski definition) is 2. The van der Waals surface area contributed by atoms with Gasteiger partial charge in [0, 0.05) is 28.1 Å². The number of rotatable bonds is 4. The Kier molecular flexibility index (Phi) is 5.66. The molecule has 0 heterocycles. The Hall–Kier alpha value is -1.51. The summed E-state index contributed by atoms with van der Waals surface area (Å²) < 4.78 is 0. The van der Waals surface area contributed by atoms with Crippen molar-refractivity contribution in [3.05, 3.63) is 75.7 Å². The lowest BCUT2D eigenvalue weighted by atomic mass is 10.0. The van der Waals surface area contributed by atoms with Crippen molar-refractivity contribution < 1.29 is 0 Å². The van der Waals surface area contributed by atoms with E-state index in [1.54, 1.807) is 11.8 Å². The van der Waals surface area contributed by atoms with E-state index in [2.05, 4.69) is 43.1 Å². The third-order valence-corrected chi connectivity index (χ3v) is 4.55. The van der Waals surface area contributed by atoms with Crippen LogP contribution in [-0.2, 0) is 0 Å². The number of benzene rings is 2. The van der Waals surface area contributed by atoms with Crippen LogP contribution in [0.15, 0.2) is 69.4 Å². The maximum Gasteiger partial charge on any atom is 0.0726 e. The third-order valence-electron chi connectivity index (χ3n) is 3.16. The number of nitrogens with zero attached hydrogens (tertiary/aromatic N) is 1. The minimum atomic E-state index is 0.738. The molecule has 0 atom stereocenters. The Morgan fingerprint density at radius 1 is 1.10 bits per heavy atom. The summed E-state index contributed by atoms with van der Waals surface area (Å²) in [4.78, 5) is 6.98. The number of thioether (sulfide) groups is 1. The largest absolute Gasteiger partial charge is 0.287 e. The standard InChI is InChI=1S/C18H18ClNS/c1-4-13(2)21-17-8-6-5-7-16(17)18(20-3)14-9-11-15(19)12-10-14/h4-12H,1-3H3/b13-4+,20-18?. The summed E-state index contributed by atoms with van der Waals surface area (Å²) >= 11 is 7.74. The predicted octanol–water partition coefficient (Wildman–Crippen LogP) is 5.82. The van der Waals surface area contributed by atoms with E-state index in [0.717, 1.165) is 21.9 Å². The van der Waals surface area contributed by atoms with Crippen LogP contribution in [0.2, 0.25) is 5.02 Å². The minimum absolute atomic E-state index is 0.738. The lowest BCUT2D eigenvalue weighted by Crippen LogP contribution is -2.04. The lowest BCUT2D eigenvalue weighted by molar-refractivity contribution is 1.35. The van der Waals surface area contributed by atoms with Gasteiger partial charge in [-0.1, -0.05) is 59.8 Å². The molecule has 0 spiro atoms. The smallest absolute Gasteiger partial charge is 0.0726 e. The molecule has 0 fully saturated rings. The van der Waals surface area contributed by atoms with Crippen LogP contribution in [0.5, 0.6) is 0 Å². The maximum absolute atomic E-state index is 5.97. The van der Waals surface area contributed by atoms with E-state index in [9.17, 15) is 0 Å². The van der Waals surface area contributed by atoms with Crippen LogP contribution in [0.4, 0.5) is 0 Å². The van der Waals surface area contributed by atoms with Gasteiger partial charge in [-0.25, -0.2) is 0 Å². The van der Waals surface area contributed by atoms with Crippen LogP contribution in [0.3, 0.4) is 0 Å². The van der Waals surface area contributed by atoms with E-state index >= 15 is 0 Å². The number of halogens is 1. The summed E-state index contributed by atoms with van der Waals surface area (Å²) in [5.41, 5.74) is 3.21. The summed E-state index contributed by atoms with van der Waals surface area (Å²) in [6.07, 6.45) is 2.12. The van der Waals surface area contributed by atoms with Crippen molar-refractivity contribution in [3.8, 4) is 0 Å². The average Bonchev–Trinajstić information content (AvgIpc) is 2.51. The van der Waals surface area contributed by atoms with E-state index in [0.29, 0.717) is 0 Å². The highest BCUT2D eigenvalue weighted by Crippen LogP contribution is 2.30. The van der Waals surface area contributed by atoms with Crippen molar-refractivity contribution in [2.75, 3.05) is 7.05 Å². The minimum Gasteiger partial charge on any atom is -0.287 e. The first-order chi connectivity index (χ1) is 10.2. The van der Waals surface area contributed by atoms with E-state index in [1.807, 2.05) is 37.4 Å². The SMILES string of the molecule is C/C=C(\C)Sc1ccccc1C(=NC)c1ccc(Cl)cc1. The van der Waals surface area contributed by atoms with Crippen LogP contribution in [-0.4, -0.2) is 12.8 Å². The van der Waals surface area contributed by atoms with Gasteiger partial charge in [0.05, 0.1) is 5.71 Å². The fraction of sp³-hybridized carbons (Fsp3) is 0.167. The first-order valence-corrected chi connectivity index (χ1v) is 7.98. The summed E-state index contributed by atoms with van der Waals surface area (Å²) in [6, 6.07) is 16.2. The molecule has 0 N–H and O–H groups in total. The lowest BCUT2D eigenvalue weighted by Gasteiger charge is -2.12. The van der Waals surface area contributed by atoms with Crippen molar-refractivity contribution in [1.82, 2.24) is 0 Å². The van der Waals surface area contributed by atoms with Gasteiger partial charge < -0.3 is 0 Å². The van der Waals surface area contributed by atoms with Crippen LogP contribution in [0.1, 0.15) is 25.0 Å². The highest BCUT2D eigenvalue weighted by Gasteiger charge is 2.11. The Morgan fingerprint density at radius 3 is 2.38 bits per heavy atom. The summed E-state index contributed by atoms with van der Waals surface area (Å²) in [5, 5.41) is 0.738. The van der Waals surface area contributed by atoms with Crippen LogP contribution >= 0.6 is 23.4 Å². The van der Waals surface area contributed by atoms with Gasteiger partial charge in [0.1, 0.15) is 0 Å². The molecular weight excluding hydrogens is 298 g/mol. The summed E-state index contributed by atoms with van der Waals surface area (Å²) in [7, 11) is 1.83. The molecule has 0 radical (unpaired) electrons. The highest BCUT2D eigenvalue weighted by molar-refractivity contribution is 8.03. The number of aliphatic imine (C=N–C) groups is 1. The van der Waals surface area contributed by atoms with Crippen LogP contribution in [0.25, 0.3) is 0 Å². The zero-order chi connectivity index (χ0) is 15.2. The zero-order valence-corrected chi connectivity index (χ0v) is 14.0. The monoisotopic (exact) mass is 315 g/mol. The third kappa shape index (κ3) is 3.99. The molecule has 2 aromatic rings. The van der Waals surface area contributed by atoms with Gasteiger partial charge in [-0.05, 0) is 37.0 Å². The molecule has 0 aliphatic heterocycles. The molecule has 0 bridgehead atoms. The second kappa shape index (κ2) is 7.48. The van der Waals surface area contributed by atoms with Gasteiger partial charge in [0.25, 0.3) is 0 Å². The van der Waals surface area contributed by atoms with Gasteiger partial charge in [-0.15, -0.1) is 0 Å². The topological polar surface area (TPSA) is 12.4 Å². The second-order valence-corrected chi connectivity index (χ2v) is 6.30. The Morgan fingerprint density at radius 2 is 1.76 bits per heavy atom. The van der Waals surface area contributed by atoms with Crippen molar-refractivity contribution in [2.45, 2.75) is 18.7 Å². The molecule has 2 rings (SSSR count). The Balaban J connectivity index is 2.46. The normalized spacial score (nSPS) is 12.6. The zero-order valence-electron chi connectivity index (χ0n) is 12.4. The molecule has 2 aromatic carbocycles. The Bertz CT molecular complexity index is 672. The first kappa shape index (κ1) is 15.9. The molecule has 0 saturated carbocycles. The number of allylic oxidation sites excluding steroid dienone is 2. The molecule has 108 valence electrons. The van der Waals surface area contributed by atoms with Crippen LogP contribution < -0.4 is 0 Å². The maximum atomic E-state index is 5.97. The molecule has 0 unspecified atom stereocenters. The van der Waals surface area contributed by atoms with Crippen molar-refractivity contribution in [1.29, 1.82) is 0 Å². The molecule has 3 heteroatoms. The highest BCUT2D eigenvalue weighted by atomic mass is 35.5. The molecule has 0 aliphatic rings. The summed E-state index contributed by atoms with van der Waals surface area (Å²) in [6.45, 7) is 4.17. The molecule has 0 aliphatic carbocycles. The second-order valence-electron chi connectivity index (χ2n) is 4.58. The summed E-state index contributed by atoms with van der Waals surface area (Å²) in [5.74, 6) is 0. The van der Waals surface area contributed by atoms with Gasteiger partial charge in [-0.3, -0.25) is 4.99 Å². The van der Waals surface area contributed by atoms with E-state index in [4.69, 9.17) is 11.6 Å². The van der Waals surface area contributed by atoms with Crippen molar-refractivity contribution >= 4 is 29.1 Å². The fourth-order valence-corrected chi connectivity index (χ4v) is 3.01. The van der Waals surface area contributed by atoms with Crippen molar-refractivity contribution in [3.63, 3.8) is 0 Å². The predicted molar refractivity (Wildman–Crippen MR) is 94.7 cm³/mol. The van der Waals surface area contributed by atoms with Gasteiger partial charge in [0.2, 0.25) is 0 Å². The van der Waals surface area contributed by atoms with Crippen LogP contribution in [0, 0.1) is 0 Å². The fourth-order valence-electron chi connectivity index (χ4n) is 2.00. The van der Waals surface area contributed by atoms with E-state index < -0.39 is 0 Å². The molecule has 21 heavy (non-hydrogen) atoms. The van der Waals surface area contributed by atoms with Gasteiger partial charge in [-0.2, -0.15) is 0 Å². The molecule has 0 amide bonds. The van der Waals surface area contributed by atoms with E-state index in [1.165, 1.54) is 9.80 Å². The molecule has 0 aromatic heterocycles.